The maximum absolute atomic E-state index is 13.1. The molecule has 0 bridgehead atoms. The van der Waals surface area contributed by atoms with E-state index in [-0.39, 0.29) is 11.9 Å². The van der Waals surface area contributed by atoms with Gasteiger partial charge in [0, 0.05) is 30.6 Å². The van der Waals surface area contributed by atoms with Gasteiger partial charge in [0.1, 0.15) is 17.7 Å². The molecule has 0 aromatic heterocycles. The number of aliphatic hydroxyl groups is 1. The van der Waals surface area contributed by atoms with Crippen LogP contribution in [0.2, 0.25) is 0 Å². The van der Waals surface area contributed by atoms with Gasteiger partial charge in [-0.15, -0.1) is 0 Å². The maximum atomic E-state index is 13.1. The normalized spacial score (nSPS) is 32.0. The Hall–Kier alpha value is -1.13. The first kappa shape index (κ1) is 11.0. The largest absolute Gasteiger partial charge is 0.489 e. The van der Waals surface area contributed by atoms with Gasteiger partial charge in [0.2, 0.25) is 0 Å². The van der Waals surface area contributed by atoms with Crippen LogP contribution in [0.1, 0.15) is 24.5 Å². The lowest BCUT2D eigenvalue weighted by molar-refractivity contribution is 0.0299. The molecule has 4 heteroatoms. The molecule has 2 aliphatic rings. The third-order valence-electron chi connectivity index (χ3n) is 3.56. The fraction of sp³-hybridized carbons (Fsp3) is 0.538. The summed E-state index contributed by atoms with van der Waals surface area (Å²) in [6, 6.07) is 4.29. The Balaban J connectivity index is 1.85. The van der Waals surface area contributed by atoms with Gasteiger partial charge in [-0.05, 0) is 18.6 Å². The van der Waals surface area contributed by atoms with Crippen LogP contribution in [0.25, 0.3) is 0 Å². The summed E-state index contributed by atoms with van der Waals surface area (Å²) in [6.45, 7) is 1.42. The van der Waals surface area contributed by atoms with E-state index in [4.69, 9.17) is 9.47 Å². The predicted molar refractivity (Wildman–Crippen MR) is 59.3 cm³/mol. The highest BCUT2D eigenvalue weighted by atomic mass is 19.1. The molecule has 0 saturated carbocycles. The Labute approximate surface area is 99.2 Å². The van der Waals surface area contributed by atoms with Gasteiger partial charge in [-0.1, -0.05) is 0 Å². The SMILES string of the molecule is O[C@H]1CC(C2CCOC2)Oc2cc(F)ccc21. The molecule has 0 radical (unpaired) electrons. The fourth-order valence-corrected chi connectivity index (χ4v) is 2.58. The number of hydrogen-bond donors (Lipinski definition) is 1. The van der Waals surface area contributed by atoms with Crippen molar-refractivity contribution in [1.82, 2.24) is 0 Å². The van der Waals surface area contributed by atoms with Crippen molar-refractivity contribution in [2.45, 2.75) is 25.0 Å². The summed E-state index contributed by atoms with van der Waals surface area (Å²) in [5.41, 5.74) is 0.682. The Bertz CT molecular complexity index is 415. The van der Waals surface area contributed by atoms with Gasteiger partial charge in [-0.3, -0.25) is 0 Å². The molecule has 2 unspecified atom stereocenters. The van der Waals surface area contributed by atoms with E-state index >= 15 is 0 Å². The summed E-state index contributed by atoms with van der Waals surface area (Å²) in [7, 11) is 0. The van der Waals surface area contributed by atoms with Crippen molar-refractivity contribution in [2.24, 2.45) is 5.92 Å². The molecule has 1 N–H and O–H groups in total. The summed E-state index contributed by atoms with van der Waals surface area (Å²) in [4.78, 5) is 0. The summed E-state index contributed by atoms with van der Waals surface area (Å²) in [6.07, 6.45) is 0.876. The zero-order chi connectivity index (χ0) is 11.8. The Morgan fingerprint density at radius 2 is 2.24 bits per heavy atom. The monoisotopic (exact) mass is 238 g/mol. The molecular formula is C13H15FO3. The van der Waals surface area contributed by atoms with Crippen molar-refractivity contribution in [3.05, 3.63) is 29.6 Å². The molecule has 2 heterocycles. The topological polar surface area (TPSA) is 38.7 Å². The first-order chi connectivity index (χ1) is 8.24. The van der Waals surface area contributed by atoms with E-state index in [1.165, 1.54) is 12.1 Å². The number of benzene rings is 1. The van der Waals surface area contributed by atoms with Crippen LogP contribution in [0.3, 0.4) is 0 Å². The lowest BCUT2D eigenvalue weighted by Crippen LogP contribution is -2.33. The molecule has 1 aromatic carbocycles. The second-order valence-electron chi connectivity index (χ2n) is 4.71. The van der Waals surface area contributed by atoms with Gasteiger partial charge in [0.15, 0.2) is 0 Å². The van der Waals surface area contributed by atoms with Crippen molar-refractivity contribution >= 4 is 0 Å². The molecule has 92 valence electrons. The quantitative estimate of drug-likeness (QED) is 0.813. The van der Waals surface area contributed by atoms with Crippen molar-refractivity contribution in [2.75, 3.05) is 13.2 Å². The zero-order valence-corrected chi connectivity index (χ0v) is 9.43. The molecule has 1 saturated heterocycles. The van der Waals surface area contributed by atoms with Crippen molar-refractivity contribution in [3.8, 4) is 5.75 Å². The van der Waals surface area contributed by atoms with Crippen LogP contribution in [0.4, 0.5) is 4.39 Å². The van der Waals surface area contributed by atoms with Gasteiger partial charge in [0.05, 0.1) is 12.7 Å². The van der Waals surface area contributed by atoms with Crippen molar-refractivity contribution in [1.29, 1.82) is 0 Å². The van der Waals surface area contributed by atoms with Gasteiger partial charge in [-0.2, -0.15) is 0 Å². The summed E-state index contributed by atoms with van der Waals surface area (Å²) in [5, 5.41) is 10.0. The van der Waals surface area contributed by atoms with Crippen LogP contribution in [-0.2, 0) is 4.74 Å². The van der Waals surface area contributed by atoms with Crippen molar-refractivity contribution < 1.29 is 19.0 Å². The number of rotatable bonds is 1. The van der Waals surface area contributed by atoms with Crippen LogP contribution in [0.5, 0.6) is 5.75 Å². The minimum atomic E-state index is -0.565. The fourth-order valence-electron chi connectivity index (χ4n) is 2.58. The lowest BCUT2D eigenvalue weighted by atomic mass is 9.91. The molecule has 0 aliphatic carbocycles. The summed E-state index contributed by atoms with van der Waals surface area (Å²) >= 11 is 0. The number of ether oxygens (including phenoxy) is 2. The summed E-state index contributed by atoms with van der Waals surface area (Å²) < 4.78 is 24.2. The average molecular weight is 238 g/mol. The van der Waals surface area contributed by atoms with E-state index in [0.29, 0.717) is 30.3 Å². The molecule has 3 atom stereocenters. The molecule has 0 spiro atoms. The van der Waals surface area contributed by atoms with Gasteiger partial charge in [-0.25, -0.2) is 4.39 Å². The molecule has 1 fully saturated rings. The Kier molecular flexibility index (Phi) is 2.76. The Morgan fingerprint density at radius 3 is 3.00 bits per heavy atom. The molecule has 1 aromatic rings. The molecule has 17 heavy (non-hydrogen) atoms. The minimum absolute atomic E-state index is 0.0678. The van der Waals surface area contributed by atoms with Crippen LogP contribution in [-0.4, -0.2) is 24.4 Å². The molecule has 2 aliphatic heterocycles. The number of hydrogen-bond acceptors (Lipinski definition) is 3. The van der Waals surface area contributed by atoms with E-state index < -0.39 is 6.10 Å². The van der Waals surface area contributed by atoms with Crippen LogP contribution in [0.15, 0.2) is 18.2 Å². The average Bonchev–Trinajstić information content (AvgIpc) is 2.81. The zero-order valence-electron chi connectivity index (χ0n) is 9.43. The van der Waals surface area contributed by atoms with Crippen LogP contribution in [0, 0.1) is 11.7 Å². The standard InChI is InChI=1S/C13H15FO3/c14-9-1-2-10-11(15)6-12(17-13(10)5-9)8-3-4-16-7-8/h1-2,5,8,11-12,15H,3-4,6-7H2/t8?,11-,12?/m0/s1. The predicted octanol–water partition coefficient (Wildman–Crippen LogP) is 2.05. The smallest absolute Gasteiger partial charge is 0.128 e. The van der Waals surface area contributed by atoms with Gasteiger partial charge >= 0.3 is 0 Å². The maximum Gasteiger partial charge on any atom is 0.128 e. The minimum Gasteiger partial charge on any atom is -0.489 e. The first-order valence-corrected chi connectivity index (χ1v) is 5.96. The number of fused-ring (bicyclic) bond motifs is 1. The highest BCUT2D eigenvalue weighted by Gasteiger charge is 2.34. The molecule has 0 amide bonds. The highest BCUT2D eigenvalue weighted by molar-refractivity contribution is 5.37. The molecular weight excluding hydrogens is 223 g/mol. The molecule has 3 nitrogen and oxygen atoms in total. The van der Waals surface area contributed by atoms with Crippen LogP contribution >= 0.6 is 0 Å². The third kappa shape index (κ3) is 2.03. The van der Waals surface area contributed by atoms with Crippen molar-refractivity contribution in [3.63, 3.8) is 0 Å². The van der Waals surface area contributed by atoms with E-state index in [1.807, 2.05) is 0 Å². The van der Waals surface area contributed by atoms with E-state index in [0.717, 1.165) is 13.0 Å². The number of halogens is 1. The second-order valence-corrected chi connectivity index (χ2v) is 4.71. The molecule has 3 rings (SSSR count). The third-order valence-corrected chi connectivity index (χ3v) is 3.56. The van der Waals surface area contributed by atoms with Gasteiger partial charge < -0.3 is 14.6 Å². The van der Waals surface area contributed by atoms with E-state index in [2.05, 4.69) is 0 Å². The van der Waals surface area contributed by atoms with E-state index in [9.17, 15) is 9.50 Å². The Morgan fingerprint density at radius 1 is 1.35 bits per heavy atom. The highest BCUT2D eigenvalue weighted by Crippen LogP contribution is 2.38. The number of aliphatic hydroxyl groups excluding tert-OH is 1. The van der Waals surface area contributed by atoms with Gasteiger partial charge in [0.25, 0.3) is 0 Å². The second kappa shape index (κ2) is 4.27. The van der Waals surface area contributed by atoms with Crippen LogP contribution < -0.4 is 4.74 Å². The first-order valence-electron chi connectivity index (χ1n) is 5.96. The summed E-state index contributed by atoms with van der Waals surface area (Å²) in [5.74, 6) is 0.445. The van der Waals surface area contributed by atoms with E-state index in [1.54, 1.807) is 6.07 Å². The lowest BCUT2D eigenvalue weighted by Gasteiger charge is -2.32.